The second kappa shape index (κ2) is 5.56. The van der Waals surface area contributed by atoms with Gasteiger partial charge in [0.15, 0.2) is 0 Å². The molecular weight excluding hydrogens is 170 g/mol. The number of amides is 1. The fraction of sp³-hybridized carbons (Fsp3) is 0.778. The molecular formula is C9H15NO3. The van der Waals surface area contributed by atoms with Crippen LogP contribution < -0.4 is 0 Å². The van der Waals surface area contributed by atoms with Crippen molar-refractivity contribution < 1.29 is 14.3 Å². The van der Waals surface area contributed by atoms with E-state index in [2.05, 4.69) is 0 Å². The Hall–Kier alpha value is -1.06. The summed E-state index contributed by atoms with van der Waals surface area (Å²) in [6, 6.07) is 0. The van der Waals surface area contributed by atoms with Crippen LogP contribution in [0, 0.1) is 0 Å². The molecule has 1 aliphatic heterocycles. The minimum absolute atomic E-state index is 0.233. The number of unbranched alkanes of at least 4 members (excludes halogenated alkanes) is 1. The smallest absolute Gasteiger partial charge is 0.409 e. The molecule has 1 fully saturated rings. The maximum absolute atomic E-state index is 11.2. The zero-order valence-corrected chi connectivity index (χ0v) is 7.70. The molecule has 13 heavy (non-hydrogen) atoms. The summed E-state index contributed by atoms with van der Waals surface area (Å²) >= 11 is 0. The van der Waals surface area contributed by atoms with Crippen LogP contribution in [0.25, 0.3) is 0 Å². The zero-order valence-electron chi connectivity index (χ0n) is 7.70. The molecule has 4 heteroatoms. The van der Waals surface area contributed by atoms with Gasteiger partial charge in [0.2, 0.25) is 0 Å². The second-order valence-electron chi connectivity index (χ2n) is 3.12. The van der Waals surface area contributed by atoms with Gasteiger partial charge >= 0.3 is 6.09 Å². The number of ether oxygens (including phenoxy) is 1. The highest BCUT2D eigenvalue weighted by Crippen LogP contribution is 2.06. The normalized spacial score (nSPS) is 17.8. The number of nitrogens with zero attached hydrogens (tertiary/aromatic N) is 1. The summed E-state index contributed by atoms with van der Waals surface area (Å²) in [6.45, 7) is 1.93. The third-order valence-corrected chi connectivity index (χ3v) is 2.06. The highest BCUT2D eigenvalue weighted by Gasteiger charge is 2.16. The Morgan fingerprint density at radius 2 is 2.31 bits per heavy atom. The van der Waals surface area contributed by atoms with Crippen molar-refractivity contribution in [1.82, 2.24) is 4.90 Å². The largest absolute Gasteiger partial charge is 0.449 e. The van der Waals surface area contributed by atoms with Gasteiger partial charge in [-0.1, -0.05) is 0 Å². The Balaban J connectivity index is 2.27. The quantitative estimate of drug-likeness (QED) is 0.488. The SMILES string of the molecule is O=CCCCN1CCCCOC1=O. The van der Waals surface area contributed by atoms with Crippen LogP contribution in [0.2, 0.25) is 0 Å². The third-order valence-electron chi connectivity index (χ3n) is 2.06. The van der Waals surface area contributed by atoms with Crippen LogP contribution in [0.3, 0.4) is 0 Å². The van der Waals surface area contributed by atoms with E-state index in [9.17, 15) is 9.59 Å². The highest BCUT2D eigenvalue weighted by molar-refractivity contribution is 5.67. The molecule has 0 saturated carbocycles. The van der Waals surface area contributed by atoms with Gasteiger partial charge in [-0.05, 0) is 19.3 Å². The summed E-state index contributed by atoms with van der Waals surface area (Å²) < 4.78 is 4.94. The molecule has 0 aromatic carbocycles. The third kappa shape index (κ3) is 3.44. The molecule has 0 N–H and O–H groups in total. The van der Waals surface area contributed by atoms with Crippen molar-refractivity contribution in [2.75, 3.05) is 19.7 Å². The van der Waals surface area contributed by atoms with Crippen molar-refractivity contribution in [1.29, 1.82) is 0 Å². The van der Waals surface area contributed by atoms with Crippen molar-refractivity contribution >= 4 is 12.4 Å². The molecule has 1 heterocycles. The van der Waals surface area contributed by atoms with Crippen LogP contribution in [0.1, 0.15) is 25.7 Å². The predicted octanol–water partition coefficient (Wildman–Crippen LogP) is 1.20. The maximum atomic E-state index is 11.2. The van der Waals surface area contributed by atoms with Crippen LogP contribution in [0.15, 0.2) is 0 Å². The molecule has 0 aliphatic carbocycles. The first-order valence-electron chi connectivity index (χ1n) is 4.70. The van der Waals surface area contributed by atoms with Crippen molar-refractivity contribution in [3.8, 4) is 0 Å². The van der Waals surface area contributed by atoms with Crippen LogP contribution >= 0.6 is 0 Å². The molecule has 1 rings (SSSR count). The van der Waals surface area contributed by atoms with Gasteiger partial charge in [0.25, 0.3) is 0 Å². The van der Waals surface area contributed by atoms with Gasteiger partial charge < -0.3 is 14.4 Å². The Bertz CT molecular complexity index is 182. The van der Waals surface area contributed by atoms with Gasteiger partial charge in [0.1, 0.15) is 6.29 Å². The molecule has 0 aromatic rings. The van der Waals surface area contributed by atoms with E-state index < -0.39 is 0 Å². The van der Waals surface area contributed by atoms with E-state index in [4.69, 9.17) is 4.74 Å². The van der Waals surface area contributed by atoms with E-state index in [1.807, 2.05) is 0 Å². The number of carbonyl (C=O) groups excluding carboxylic acids is 2. The van der Waals surface area contributed by atoms with Gasteiger partial charge in [-0.2, -0.15) is 0 Å². The molecule has 0 unspecified atom stereocenters. The van der Waals surface area contributed by atoms with E-state index in [0.29, 0.717) is 19.6 Å². The predicted molar refractivity (Wildman–Crippen MR) is 47.5 cm³/mol. The minimum atomic E-state index is -0.233. The molecule has 1 amide bonds. The maximum Gasteiger partial charge on any atom is 0.409 e. The number of rotatable bonds is 4. The lowest BCUT2D eigenvalue weighted by molar-refractivity contribution is -0.108. The molecule has 0 aromatic heterocycles. The number of aldehydes is 1. The number of cyclic esters (lactones) is 1. The highest BCUT2D eigenvalue weighted by atomic mass is 16.6. The lowest BCUT2D eigenvalue weighted by Gasteiger charge is -2.17. The summed E-state index contributed by atoms with van der Waals surface area (Å²) in [6.07, 6.45) is 3.83. The van der Waals surface area contributed by atoms with Crippen LogP contribution in [-0.2, 0) is 9.53 Å². The van der Waals surface area contributed by atoms with Gasteiger partial charge in [-0.15, -0.1) is 0 Å². The van der Waals surface area contributed by atoms with Crippen molar-refractivity contribution in [3.05, 3.63) is 0 Å². The Labute approximate surface area is 77.8 Å². The van der Waals surface area contributed by atoms with Crippen LogP contribution in [0.5, 0.6) is 0 Å². The molecule has 0 radical (unpaired) electrons. The summed E-state index contributed by atoms with van der Waals surface area (Å²) in [5.41, 5.74) is 0. The molecule has 0 spiro atoms. The Kier molecular flexibility index (Phi) is 4.29. The average Bonchev–Trinajstić information content (AvgIpc) is 2.32. The number of hydrogen-bond donors (Lipinski definition) is 0. The molecule has 1 aliphatic rings. The molecule has 74 valence electrons. The lowest BCUT2D eigenvalue weighted by Crippen LogP contribution is -2.31. The number of hydrogen-bond acceptors (Lipinski definition) is 3. The molecule has 4 nitrogen and oxygen atoms in total. The Morgan fingerprint density at radius 1 is 1.46 bits per heavy atom. The van der Waals surface area contributed by atoms with Crippen molar-refractivity contribution in [2.24, 2.45) is 0 Å². The summed E-state index contributed by atoms with van der Waals surface area (Å²) in [4.78, 5) is 23.0. The van der Waals surface area contributed by atoms with Crippen LogP contribution in [0.4, 0.5) is 4.79 Å². The van der Waals surface area contributed by atoms with Gasteiger partial charge in [0.05, 0.1) is 6.61 Å². The fourth-order valence-corrected chi connectivity index (χ4v) is 1.32. The first-order chi connectivity index (χ1) is 6.34. The van der Waals surface area contributed by atoms with Crippen molar-refractivity contribution in [2.45, 2.75) is 25.7 Å². The first-order valence-corrected chi connectivity index (χ1v) is 4.70. The second-order valence-corrected chi connectivity index (χ2v) is 3.12. The van der Waals surface area contributed by atoms with E-state index in [0.717, 1.165) is 32.1 Å². The van der Waals surface area contributed by atoms with Crippen molar-refractivity contribution in [3.63, 3.8) is 0 Å². The van der Waals surface area contributed by atoms with Gasteiger partial charge in [-0.25, -0.2) is 4.79 Å². The Morgan fingerprint density at radius 3 is 3.08 bits per heavy atom. The van der Waals surface area contributed by atoms with Gasteiger partial charge in [0, 0.05) is 19.5 Å². The average molecular weight is 185 g/mol. The summed E-state index contributed by atoms with van der Waals surface area (Å²) in [5, 5.41) is 0. The standard InChI is InChI=1S/C9H15NO3/c11-7-3-1-5-10-6-2-4-8-13-9(10)12/h7H,1-6,8H2. The zero-order chi connectivity index (χ0) is 9.52. The molecule has 0 atom stereocenters. The fourth-order valence-electron chi connectivity index (χ4n) is 1.32. The first kappa shape index (κ1) is 10.0. The summed E-state index contributed by atoms with van der Waals surface area (Å²) in [7, 11) is 0. The van der Waals surface area contributed by atoms with E-state index in [-0.39, 0.29) is 6.09 Å². The number of carbonyl (C=O) groups is 2. The lowest BCUT2D eigenvalue weighted by atomic mass is 10.3. The summed E-state index contributed by atoms with van der Waals surface area (Å²) in [5.74, 6) is 0. The van der Waals surface area contributed by atoms with E-state index in [1.54, 1.807) is 4.90 Å². The van der Waals surface area contributed by atoms with E-state index in [1.165, 1.54) is 0 Å². The van der Waals surface area contributed by atoms with E-state index >= 15 is 0 Å². The molecule has 1 saturated heterocycles. The monoisotopic (exact) mass is 185 g/mol. The van der Waals surface area contributed by atoms with Gasteiger partial charge in [-0.3, -0.25) is 0 Å². The minimum Gasteiger partial charge on any atom is -0.449 e. The van der Waals surface area contributed by atoms with Crippen LogP contribution in [-0.4, -0.2) is 37.0 Å². The topological polar surface area (TPSA) is 46.6 Å². The molecule has 0 bridgehead atoms.